The van der Waals surface area contributed by atoms with Crippen molar-refractivity contribution in [1.29, 1.82) is 0 Å². The van der Waals surface area contributed by atoms with E-state index in [0.29, 0.717) is 11.4 Å². The highest BCUT2D eigenvalue weighted by Crippen LogP contribution is 2.10. The second-order valence-electron chi connectivity index (χ2n) is 2.79. The molecule has 0 aromatic carbocycles. The van der Waals surface area contributed by atoms with Crippen molar-refractivity contribution >= 4 is 28.8 Å². The number of carbonyl (C=O) groups is 1. The number of hydrogen-bond donors (Lipinski definition) is 3. The van der Waals surface area contributed by atoms with Crippen molar-refractivity contribution in [3.63, 3.8) is 0 Å². The van der Waals surface area contributed by atoms with Crippen LogP contribution in [-0.4, -0.2) is 29.5 Å². The van der Waals surface area contributed by atoms with Gasteiger partial charge in [0.05, 0.1) is 12.2 Å². The number of nitrogens with two attached hydrogens (primary N) is 1. The summed E-state index contributed by atoms with van der Waals surface area (Å²) < 4.78 is 0. The van der Waals surface area contributed by atoms with Gasteiger partial charge in [-0.3, -0.25) is 9.78 Å². The van der Waals surface area contributed by atoms with E-state index in [1.807, 2.05) is 0 Å². The third-order valence-electron chi connectivity index (χ3n) is 1.76. The molecule has 0 bridgehead atoms. The molecule has 0 unspecified atom stereocenters. The Morgan fingerprint density at radius 1 is 1.67 bits per heavy atom. The van der Waals surface area contributed by atoms with Crippen LogP contribution in [0.25, 0.3) is 0 Å². The smallest absolute Gasteiger partial charge is 0.239 e. The van der Waals surface area contributed by atoms with Gasteiger partial charge in [-0.15, -0.1) is 0 Å². The molecule has 1 amide bonds. The van der Waals surface area contributed by atoms with Gasteiger partial charge >= 0.3 is 0 Å². The van der Waals surface area contributed by atoms with Crippen molar-refractivity contribution in [3.8, 4) is 0 Å². The topological polar surface area (TPSA) is 80.0 Å². The average Bonchev–Trinajstić information content (AvgIpc) is 2.26. The zero-order valence-corrected chi connectivity index (χ0v) is 9.10. The van der Waals surface area contributed by atoms with E-state index in [1.165, 1.54) is 0 Å². The summed E-state index contributed by atoms with van der Waals surface area (Å²) in [5, 5.41) is 5.40. The van der Waals surface area contributed by atoms with Gasteiger partial charge in [0.2, 0.25) is 5.91 Å². The van der Waals surface area contributed by atoms with Crippen LogP contribution in [0.5, 0.6) is 0 Å². The number of carbonyl (C=O) groups excluding carboxylic acids is 1. The molecule has 0 aliphatic carbocycles. The lowest BCUT2D eigenvalue weighted by Gasteiger charge is -2.08. The molecule has 1 heterocycles. The lowest BCUT2D eigenvalue weighted by molar-refractivity contribution is -0.118. The number of likely N-dealkylation sites (N-methyl/N-ethyl adjacent to an activating group) is 1. The Morgan fingerprint density at radius 2 is 2.40 bits per heavy atom. The number of pyridine rings is 1. The second-order valence-corrected chi connectivity index (χ2v) is 3.23. The number of thiocarbonyl (C=S) groups is 1. The van der Waals surface area contributed by atoms with Gasteiger partial charge in [-0.2, -0.15) is 0 Å². The van der Waals surface area contributed by atoms with Gasteiger partial charge in [0, 0.05) is 13.2 Å². The number of amides is 1. The summed E-state index contributed by atoms with van der Waals surface area (Å²) in [4.78, 5) is 15.2. The van der Waals surface area contributed by atoms with E-state index < -0.39 is 0 Å². The van der Waals surface area contributed by atoms with Gasteiger partial charge in [0.25, 0.3) is 0 Å². The SMILES string of the molecule is CNC(=O)CNc1cccnc1C(N)=S. The first-order valence-corrected chi connectivity index (χ1v) is 4.75. The summed E-state index contributed by atoms with van der Waals surface area (Å²) >= 11 is 4.83. The first-order chi connectivity index (χ1) is 7.15. The van der Waals surface area contributed by atoms with Crippen LogP contribution >= 0.6 is 12.2 Å². The molecule has 0 aliphatic rings. The molecule has 1 rings (SSSR count). The van der Waals surface area contributed by atoms with Gasteiger partial charge in [0.15, 0.2) is 0 Å². The lowest BCUT2D eigenvalue weighted by Crippen LogP contribution is -2.27. The number of aromatic nitrogens is 1. The Kier molecular flexibility index (Phi) is 3.99. The molecule has 1 aromatic heterocycles. The molecule has 0 spiro atoms. The number of nitrogens with one attached hydrogen (secondary N) is 2. The zero-order valence-electron chi connectivity index (χ0n) is 8.28. The summed E-state index contributed by atoms with van der Waals surface area (Å²) in [6.45, 7) is 0.164. The molecule has 0 saturated carbocycles. The molecule has 0 saturated heterocycles. The molecular formula is C9H12N4OS. The molecule has 4 N–H and O–H groups in total. The minimum Gasteiger partial charge on any atom is -0.388 e. The van der Waals surface area contributed by atoms with E-state index in [4.69, 9.17) is 18.0 Å². The number of rotatable bonds is 4. The van der Waals surface area contributed by atoms with Crippen molar-refractivity contribution in [3.05, 3.63) is 24.0 Å². The minimum atomic E-state index is -0.118. The van der Waals surface area contributed by atoms with E-state index in [2.05, 4.69) is 15.6 Å². The molecule has 15 heavy (non-hydrogen) atoms. The normalized spacial score (nSPS) is 9.40. The first kappa shape index (κ1) is 11.4. The lowest BCUT2D eigenvalue weighted by atomic mass is 10.3. The van der Waals surface area contributed by atoms with E-state index >= 15 is 0 Å². The Labute approximate surface area is 93.1 Å². The second kappa shape index (κ2) is 5.26. The summed E-state index contributed by atoms with van der Waals surface area (Å²) in [5.74, 6) is -0.118. The molecule has 5 nitrogen and oxygen atoms in total. The molecule has 1 aromatic rings. The van der Waals surface area contributed by atoms with Gasteiger partial charge < -0.3 is 16.4 Å². The fourth-order valence-electron chi connectivity index (χ4n) is 1.01. The predicted octanol–water partition coefficient (Wildman–Crippen LogP) is -0.126. The Bertz CT molecular complexity index is 380. The summed E-state index contributed by atoms with van der Waals surface area (Å²) in [6.07, 6.45) is 1.60. The molecule has 0 atom stereocenters. The average molecular weight is 224 g/mol. The third kappa shape index (κ3) is 3.17. The van der Waals surface area contributed by atoms with E-state index in [1.54, 1.807) is 25.4 Å². The molecule has 80 valence electrons. The molecule has 6 heteroatoms. The van der Waals surface area contributed by atoms with Gasteiger partial charge in [-0.05, 0) is 12.1 Å². The molecule has 0 aliphatic heterocycles. The van der Waals surface area contributed by atoms with Crippen molar-refractivity contribution in [2.24, 2.45) is 5.73 Å². The van der Waals surface area contributed by atoms with Crippen LogP contribution in [-0.2, 0) is 4.79 Å². The molecule has 0 radical (unpaired) electrons. The quantitative estimate of drug-likeness (QED) is 0.621. The van der Waals surface area contributed by atoms with E-state index in [-0.39, 0.29) is 17.4 Å². The van der Waals surface area contributed by atoms with Crippen molar-refractivity contribution in [2.75, 3.05) is 18.9 Å². The van der Waals surface area contributed by atoms with Crippen molar-refractivity contribution < 1.29 is 4.79 Å². The maximum Gasteiger partial charge on any atom is 0.239 e. The van der Waals surface area contributed by atoms with Crippen molar-refractivity contribution in [1.82, 2.24) is 10.3 Å². The number of anilines is 1. The van der Waals surface area contributed by atoms with E-state index in [0.717, 1.165) is 0 Å². The fraction of sp³-hybridized carbons (Fsp3) is 0.222. The fourth-order valence-corrected chi connectivity index (χ4v) is 1.17. The highest BCUT2D eigenvalue weighted by Gasteiger charge is 2.06. The summed E-state index contributed by atoms with van der Waals surface area (Å²) in [6, 6.07) is 3.51. The largest absolute Gasteiger partial charge is 0.388 e. The van der Waals surface area contributed by atoms with E-state index in [9.17, 15) is 4.79 Å². The van der Waals surface area contributed by atoms with Crippen LogP contribution in [0.15, 0.2) is 18.3 Å². The van der Waals surface area contributed by atoms with Gasteiger partial charge in [0.1, 0.15) is 10.7 Å². The molecule has 0 fully saturated rings. The van der Waals surface area contributed by atoms with Crippen LogP contribution in [0.4, 0.5) is 5.69 Å². The van der Waals surface area contributed by atoms with Gasteiger partial charge in [-0.25, -0.2) is 0 Å². The molecular weight excluding hydrogens is 212 g/mol. The maximum atomic E-state index is 11.0. The Hall–Kier alpha value is -1.69. The summed E-state index contributed by atoms with van der Waals surface area (Å²) in [7, 11) is 1.57. The Morgan fingerprint density at radius 3 is 3.00 bits per heavy atom. The number of hydrogen-bond acceptors (Lipinski definition) is 4. The van der Waals surface area contributed by atoms with Crippen LogP contribution in [0.2, 0.25) is 0 Å². The minimum absolute atomic E-state index is 0.118. The number of nitrogens with zero attached hydrogens (tertiary/aromatic N) is 1. The third-order valence-corrected chi connectivity index (χ3v) is 1.95. The van der Waals surface area contributed by atoms with Crippen LogP contribution in [0.1, 0.15) is 5.69 Å². The monoisotopic (exact) mass is 224 g/mol. The standard InChI is InChI=1S/C9H12N4OS/c1-11-7(14)5-13-6-3-2-4-12-8(6)9(10)15/h2-4,13H,5H2,1H3,(H2,10,15)(H,11,14). The first-order valence-electron chi connectivity index (χ1n) is 4.34. The predicted molar refractivity (Wildman–Crippen MR) is 62.7 cm³/mol. The highest BCUT2D eigenvalue weighted by molar-refractivity contribution is 7.80. The maximum absolute atomic E-state index is 11.0. The highest BCUT2D eigenvalue weighted by atomic mass is 32.1. The Balaban J connectivity index is 2.76. The van der Waals surface area contributed by atoms with Crippen molar-refractivity contribution in [2.45, 2.75) is 0 Å². The summed E-state index contributed by atoms with van der Waals surface area (Å²) in [5.41, 5.74) is 6.64. The van der Waals surface area contributed by atoms with Crippen LogP contribution < -0.4 is 16.4 Å². The van der Waals surface area contributed by atoms with Crippen LogP contribution in [0, 0.1) is 0 Å². The van der Waals surface area contributed by atoms with Gasteiger partial charge in [-0.1, -0.05) is 12.2 Å². The zero-order chi connectivity index (χ0) is 11.3. The van der Waals surface area contributed by atoms with Crippen LogP contribution in [0.3, 0.4) is 0 Å².